The van der Waals surface area contributed by atoms with Crippen molar-refractivity contribution >= 4 is 21.5 Å². The van der Waals surface area contributed by atoms with Gasteiger partial charge < -0.3 is 4.40 Å². The van der Waals surface area contributed by atoms with Crippen LogP contribution in [-0.4, -0.2) is 28.5 Å². The van der Waals surface area contributed by atoms with E-state index in [-0.39, 0.29) is 11.7 Å². The van der Waals surface area contributed by atoms with Crippen LogP contribution < -0.4 is 4.72 Å². The second kappa shape index (κ2) is 6.24. The zero-order valence-electron chi connectivity index (χ0n) is 13.9. The van der Waals surface area contributed by atoms with Crippen molar-refractivity contribution in [3.63, 3.8) is 0 Å². The van der Waals surface area contributed by atoms with Gasteiger partial charge in [0.05, 0.1) is 11.9 Å². The van der Waals surface area contributed by atoms with Crippen LogP contribution in [0.5, 0.6) is 0 Å². The third-order valence-corrected chi connectivity index (χ3v) is 5.12. The van der Waals surface area contributed by atoms with Crippen molar-refractivity contribution in [2.45, 2.75) is 20.8 Å². The lowest BCUT2D eigenvalue weighted by Gasteiger charge is -2.06. The molecule has 0 aromatic carbocycles. The molecule has 0 saturated carbocycles. The molecule has 3 heterocycles. The zero-order chi connectivity index (χ0) is 17.3. The summed E-state index contributed by atoms with van der Waals surface area (Å²) in [6, 6.07) is 7.77. The Kier molecular flexibility index (Phi) is 4.28. The maximum atomic E-state index is 12.0. The molecule has 0 spiro atoms. The number of hydrogen-bond donors (Lipinski definition) is 1. The molecule has 3 rings (SSSR count). The van der Waals surface area contributed by atoms with E-state index < -0.39 is 10.0 Å². The average Bonchev–Trinajstić information content (AvgIpc) is 2.85. The summed E-state index contributed by atoms with van der Waals surface area (Å²) in [5.74, 6) is 0.461. The molecule has 1 N–H and O–H groups in total. The van der Waals surface area contributed by atoms with Crippen LogP contribution in [0.3, 0.4) is 0 Å². The number of hydrogen-bond acceptors (Lipinski definition) is 4. The van der Waals surface area contributed by atoms with Crippen molar-refractivity contribution in [2.24, 2.45) is 5.92 Å². The van der Waals surface area contributed by atoms with E-state index in [9.17, 15) is 8.42 Å². The molecular formula is C17H20N4O2S. The SMILES string of the molecule is Cc1cc(-c2ccc3nc(NS(=O)(=O)CC(C)C)cn3c2)ccn1. The summed E-state index contributed by atoms with van der Waals surface area (Å²) in [6.07, 6.45) is 5.39. The first-order valence-corrected chi connectivity index (χ1v) is 9.40. The van der Waals surface area contributed by atoms with Crippen LogP contribution in [-0.2, 0) is 10.0 Å². The van der Waals surface area contributed by atoms with Crippen molar-refractivity contribution in [3.05, 3.63) is 48.5 Å². The molecule has 0 fully saturated rings. The lowest BCUT2D eigenvalue weighted by molar-refractivity contribution is 0.587. The lowest BCUT2D eigenvalue weighted by atomic mass is 10.1. The number of rotatable bonds is 5. The molecule has 0 saturated heterocycles. The summed E-state index contributed by atoms with van der Waals surface area (Å²) < 4.78 is 28.4. The van der Waals surface area contributed by atoms with Gasteiger partial charge in [-0.05, 0) is 48.2 Å². The van der Waals surface area contributed by atoms with Gasteiger partial charge in [-0.25, -0.2) is 13.4 Å². The Morgan fingerprint density at radius 2 is 1.96 bits per heavy atom. The predicted octanol–water partition coefficient (Wildman–Crippen LogP) is 3.10. The molecular weight excluding hydrogens is 324 g/mol. The van der Waals surface area contributed by atoms with E-state index in [4.69, 9.17) is 0 Å². The molecule has 24 heavy (non-hydrogen) atoms. The highest BCUT2D eigenvalue weighted by Crippen LogP contribution is 2.21. The number of nitrogens with one attached hydrogen (secondary N) is 1. The van der Waals surface area contributed by atoms with Gasteiger partial charge in [-0.2, -0.15) is 0 Å². The molecule has 0 aliphatic rings. The summed E-state index contributed by atoms with van der Waals surface area (Å²) in [7, 11) is -3.38. The monoisotopic (exact) mass is 344 g/mol. The molecule has 126 valence electrons. The first-order valence-electron chi connectivity index (χ1n) is 7.75. The first-order chi connectivity index (χ1) is 11.3. The van der Waals surface area contributed by atoms with Crippen LogP contribution in [0.2, 0.25) is 0 Å². The summed E-state index contributed by atoms with van der Waals surface area (Å²) in [5, 5.41) is 0. The number of fused-ring (bicyclic) bond motifs is 1. The maximum absolute atomic E-state index is 12.0. The van der Waals surface area contributed by atoms with Gasteiger partial charge in [-0.15, -0.1) is 0 Å². The fraction of sp³-hybridized carbons (Fsp3) is 0.294. The molecule has 0 radical (unpaired) electrons. The number of aryl methyl sites for hydroxylation is 1. The smallest absolute Gasteiger partial charge is 0.234 e. The fourth-order valence-corrected chi connectivity index (χ4v) is 3.95. The number of nitrogens with zero attached hydrogens (tertiary/aromatic N) is 3. The minimum Gasteiger partial charge on any atom is -0.304 e. The van der Waals surface area contributed by atoms with E-state index in [2.05, 4.69) is 14.7 Å². The Morgan fingerprint density at radius 1 is 1.17 bits per heavy atom. The third-order valence-electron chi connectivity index (χ3n) is 3.49. The Balaban J connectivity index is 1.92. The molecule has 0 aliphatic carbocycles. The number of anilines is 1. The van der Waals surface area contributed by atoms with Crippen LogP contribution in [0.1, 0.15) is 19.5 Å². The van der Waals surface area contributed by atoms with E-state index >= 15 is 0 Å². The molecule has 3 aromatic heterocycles. The van der Waals surface area contributed by atoms with E-state index in [1.54, 1.807) is 12.4 Å². The molecule has 0 atom stereocenters. The second-order valence-electron chi connectivity index (χ2n) is 6.27. The highest BCUT2D eigenvalue weighted by atomic mass is 32.2. The lowest BCUT2D eigenvalue weighted by Crippen LogP contribution is -2.20. The number of pyridine rings is 2. The molecule has 0 aliphatic heterocycles. The summed E-state index contributed by atoms with van der Waals surface area (Å²) in [5.41, 5.74) is 3.70. The predicted molar refractivity (Wildman–Crippen MR) is 95.4 cm³/mol. The van der Waals surface area contributed by atoms with Crippen molar-refractivity contribution in [3.8, 4) is 11.1 Å². The van der Waals surface area contributed by atoms with Crippen molar-refractivity contribution in [2.75, 3.05) is 10.5 Å². The zero-order valence-corrected chi connectivity index (χ0v) is 14.7. The van der Waals surface area contributed by atoms with E-state index in [1.807, 2.05) is 55.6 Å². The Hall–Kier alpha value is -2.41. The third kappa shape index (κ3) is 3.73. The minimum absolute atomic E-state index is 0.0565. The quantitative estimate of drug-likeness (QED) is 0.771. The van der Waals surface area contributed by atoms with E-state index in [0.717, 1.165) is 16.8 Å². The number of imidazole rings is 1. The highest BCUT2D eigenvalue weighted by Gasteiger charge is 2.15. The van der Waals surface area contributed by atoms with Gasteiger partial charge in [-0.3, -0.25) is 9.71 Å². The standard InChI is InChI=1S/C17H20N4O2S/c1-12(2)11-24(22,23)20-16-10-21-9-15(4-5-17(21)19-16)14-6-7-18-13(3)8-14/h4-10,12,20H,11H2,1-3H3. The highest BCUT2D eigenvalue weighted by molar-refractivity contribution is 7.92. The summed E-state index contributed by atoms with van der Waals surface area (Å²) in [4.78, 5) is 8.52. The molecule has 3 aromatic rings. The average molecular weight is 344 g/mol. The van der Waals surface area contributed by atoms with E-state index in [1.165, 1.54) is 0 Å². The molecule has 0 amide bonds. The number of aromatic nitrogens is 3. The Bertz CT molecular complexity index is 977. The van der Waals surface area contributed by atoms with Gasteiger partial charge in [-0.1, -0.05) is 13.8 Å². The van der Waals surface area contributed by atoms with Gasteiger partial charge in [0.15, 0.2) is 5.82 Å². The van der Waals surface area contributed by atoms with Gasteiger partial charge >= 0.3 is 0 Å². The number of sulfonamides is 1. The first kappa shape index (κ1) is 16.4. The van der Waals surface area contributed by atoms with Gasteiger partial charge in [0.25, 0.3) is 0 Å². The normalized spacial score (nSPS) is 12.0. The van der Waals surface area contributed by atoms with Crippen molar-refractivity contribution in [1.29, 1.82) is 0 Å². The van der Waals surface area contributed by atoms with Gasteiger partial charge in [0.2, 0.25) is 10.0 Å². The largest absolute Gasteiger partial charge is 0.304 e. The van der Waals surface area contributed by atoms with Crippen LogP contribution in [0.15, 0.2) is 42.9 Å². The second-order valence-corrected chi connectivity index (χ2v) is 8.04. The van der Waals surface area contributed by atoms with E-state index in [0.29, 0.717) is 11.5 Å². The Labute approximate surface area is 141 Å². The molecule has 0 bridgehead atoms. The Morgan fingerprint density at radius 3 is 2.67 bits per heavy atom. The van der Waals surface area contributed by atoms with Crippen molar-refractivity contribution < 1.29 is 8.42 Å². The van der Waals surface area contributed by atoms with Crippen molar-refractivity contribution in [1.82, 2.24) is 14.4 Å². The van der Waals surface area contributed by atoms with Crippen LogP contribution in [0, 0.1) is 12.8 Å². The minimum atomic E-state index is -3.38. The topological polar surface area (TPSA) is 76.4 Å². The molecule has 6 nitrogen and oxygen atoms in total. The van der Waals surface area contributed by atoms with Gasteiger partial charge in [0, 0.05) is 18.1 Å². The van der Waals surface area contributed by atoms with Crippen LogP contribution in [0.4, 0.5) is 5.82 Å². The maximum Gasteiger partial charge on any atom is 0.234 e. The summed E-state index contributed by atoms with van der Waals surface area (Å²) >= 11 is 0. The van der Waals surface area contributed by atoms with Crippen LogP contribution in [0.25, 0.3) is 16.8 Å². The fourth-order valence-electron chi connectivity index (χ4n) is 2.58. The van der Waals surface area contributed by atoms with Gasteiger partial charge in [0.1, 0.15) is 5.65 Å². The summed E-state index contributed by atoms with van der Waals surface area (Å²) in [6.45, 7) is 5.68. The van der Waals surface area contributed by atoms with Crippen LogP contribution >= 0.6 is 0 Å². The molecule has 7 heteroatoms. The molecule has 0 unspecified atom stereocenters.